The highest BCUT2D eigenvalue weighted by Gasteiger charge is 2.05. The van der Waals surface area contributed by atoms with Crippen molar-refractivity contribution < 1.29 is 4.39 Å². The molecule has 0 amide bonds. The first-order valence-electron chi connectivity index (χ1n) is 8.04. The molecule has 0 fully saturated rings. The van der Waals surface area contributed by atoms with Crippen molar-refractivity contribution in [2.45, 2.75) is 13.1 Å². The molecule has 6 heteroatoms. The maximum absolute atomic E-state index is 13.6. The summed E-state index contributed by atoms with van der Waals surface area (Å²) in [6, 6.07) is 18.6. The number of guanidine groups is 1. The molecule has 2 aromatic carbocycles. The molecule has 3 rings (SSSR count). The van der Waals surface area contributed by atoms with Gasteiger partial charge in [-0.1, -0.05) is 36.4 Å². The number of halogens is 1. The number of benzene rings is 2. The van der Waals surface area contributed by atoms with Crippen LogP contribution in [-0.2, 0) is 13.1 Å². The van der Waals surface area contributed by atoms with Gasteiger partial charge in [-0.25, -0.2) is 9.07 Å². The second-order valence-electron chi connectivity index (χ2n) is 5.46. The van der Waals surface area contributed by atoms with Crippen LogP contribution >= 0.6 is 0 Å². The van der Waals surface area contributed by atoms with Crippen LogP contribution in [0.15, 0.2) is 71.9 Å². The lowest BCUT2D eigenvalue weighted by Crippen LogP contribution is -2.36. The van der Waals surface area contributed by atoms with Crippen molar-refractivity contribution in [1.29, 1.82) is 0 Å². The third-order valence-electron chi connectivity index (χ3n) is 3.73. The summed E-state index contributed by atoms with van der Waals surface area (Å²) in [6.07, 6.45) is 1.92. The number of nitrogens with zero attached hydrogens (tertiary/aromatic N) is 3. The second-order valence-corrected chi connectivity index (χ2v) is 5.46. The number of aliphatic imine (C=N–C) groups is 1. The highest BCUT2D eigenvalue weighted by Crippen LogP contribution is 2.07. The van der Waals surface area contributed by atoms with Crippen LogP contribution in [0, 0.1) is 5.82 Å². The molecule has 2 N–H and O–H groups in total. The Morgan fingerprint density at radius 3 is 2.48 bits per heavy atom. The normalized spacial score (nSPS) is 11.4. The van der Waals surface area contributed by atoms with Gasteiger partial charge in [-0.05, 0) is 24.3 Å². The van der Waals surface area contributed by atoms with Gasteiger partial charge in [-0.2, -0.15) is 5.10 Å². The molecule has 0 saturated heterocycles. The van der Waals surface area contributed by atoms with E-state index < -0.39 is 0 Å². The zero-order valence-corrected chi connectivity index (χ0v) is 14.0. The average molecular weight is 337 g/mol. The van der Waals surface area contributed by atoms with Crippen molar-refractivity contribution in [3.63, 3.8) is 0 Å². The van der Waals surface area contributed by atoms with Gasteiger partial charge in [-0.15, -0.1) is 0 Å². The number of rotatable bonds is 5. The highest BCUT2D eigenvalue weighted by atomic mass is 19.1. The van der Waals surface area contributed by atoms with Gasteiger partial charge < -0.3 is 10.6 Å². The fourth-order valence-electron chi connectivity index (χ4n) is 2.40. The van der Waals surface area contributed by atoms with E-state index in [1.165, 1.54) is 6.07 Å². The molecule has 0 aliphatic heterocycles. The molecule has 0 saturated carbocycles. The minimum Gasteiger partial charge on any atom is -0.352 e. The molecule has 5 nitrogen and oxygen atoms in total. The Kier molecular flexibility index (Phi) is 5.41. The van der Waals surface area contributed by atoms with Crippen LogP contribution in [0.1, 0.15) is 11.3 Å². The van der Waals surface area contributed by atoms with Gasteiger partial charge in [0.2, 0.25) is 0 Å². The highest BCUT2D eigenvalue weighted by molar-refractivity contribution is 5.79. The van der Waals surface area contributed by atoms with Crippen LogP contribution in [0.25, 0.3) is 5.69 Å². The molecule has 25 heavy (non-hydrogen) atoms. The van der Waals surface area contributed by atoms with Crippen LogP contribution in [0.4, 0.5) is 4.39 Å². The second kappa shape index (κ2) is 8.10. The van der Waals surface area contributed by atoms with E-state index in [0.717, 1.165) is 11.4 Å². The van der Waals surface area contributed by atoms with E-state index in [1.807, 2.05) is 53.3 Å². The summed E-state index contributed by atoms with van der Waals surface area (Å²) in [5.41, 5.74) is 2.49. The summed E-state index contributed by atoms with van der Waals surface area (Å²) in [7, 11) is 1.68. The van der Waals surface area contributed by atoms with E-state index in [2.05, 4.69) is 20.7 Å². The van der Waals surface area contributed by atoms with Crippen LogP contribution in [0.2, 0.25) is 0 Å². The topological polar surface area (TPSA) is 54.2 Å². The zero-order chi connectivity index (χ0) is 17.5. The SMILES string of the molecule is CN=C(NCc1ccn(-c2ccccc2)n1)NCc1ccccc1F. The van der Waals surface area contributed by atoms with Crippen molar-refractivity contribution in [3.8, 4) is 5.69 Å². The van der Waals surface area contributed by atoms with Crippen molar-refractivity contribution in [1.82, 2.24) is 20.4 Å². The van der Waals surface area contributed by atoms with Gasteiger partial charge in [0.05, 0.1) is 17.9 Å². The summed E-state index contributed by atoms with van der Waals surface area (Å²) >= 11 is 0. The van der Waals surface area contributed by atoms with E-state index in [0.29, 0.717) is 24.6 Å². The van der Waals surface area contributed by atoms with Crippen LogP contribution in [0.5, 0.6) is 0 Å². The predicted molar refractivity (Wildman–Crippen MR) is 97.0 cm³/mol. The van der Waals surface area contributed by atoms with Gasteiger partial charge in [0.25, 0.3) is 0 Å². The maximum atomic E-state index is 13.6. The number of aromatic nitrogens is 2. The van der Waals surface area contributed by atoms with E-state index >= 15 is 0 Å². The van der Waals surface area contributed by atoms with Crippen LogP contribution in [0.3, 0.4) is 0 Å². The molecule has 0 spiro atoms. The van der Waals surface area contributed by atoms with Crippen LogP contribution < -0.4 is 10.6 Å². The number of hydrogen-bond acceptors (Lipinski definition) is 2. The molecule has 3 aromatic rings. The quantitative estimate of drug-likeness (QED) is 0.556. The van der Waals surface area contributed by atoms with Crippen molar-refractivity contribution in [2.75, 3.05) is 7.05 Å². The molecule has 0 aliphatic rings. The Hall–Kier alpha value is -3.15. The summed E-state index contributed by atoms with van der Waals surface area (Å²) in [4.78, 5) is 4.15. The number of para-hydroxylation sites is 1. The molecular formula is C19H20FN5. The van der Waals surface area contributed by atoms with Gasteiger partial charge in [-0.3, -0.25) is 4.99 Å². The molecule has 0 radical (unpaired) electrons. The van der Waals surface area contributed by atoms with Gasteiger partial charge >= 0.3 is 0 Å². The first-order chi connectivity index (χ1) is 12.3. The van der Waals surface area contributed by atoms with Crippen LogP contribution in [-0.4, -0.2) is 22.8 Å². The minimum absolute atomic E-state index is 0.230. The first kappa shape index (κ1) is 16.7. The maximum Gasteiger partial charge on any atom is 0.191 e. The van der Waals surface area contributed by atoms with Gasteiger partial charge in [0, 0.05) is 25.4 Å². The molecule has 0 unspecified atom stereocenters. The summed E-state index contributed by atoms with van der Waals surface area (Å²) < 4.78 is 15.5. The average Bonchev–Trinajstić information content (AvgIpc) is 3.13. The molecule has 1 aromatic heterocycles. The standard InChI is InChI=1S/C19H20FN5/c1-21-19(22-13-15-7-5-6-10-18(15)20)23-14-16-11-12-25(24-16)17-8-3-2-4-9-17/h2-12H,13-14H2,1H3,(H2,21,22,23). The van der Waals surface area contributed by atoms with Gasteiger partial charge in [0.15, 0.2) is 5.96 Å². The molecule has 1 heterocycles. The fourth-order valence-corrected chi connectivity index (χ4v) is 2.40. The molecule has 0 aliphatic carbocycles. The lowest BCUT2D eigenvalue weighted by atomic mass is 10.2. The Morgan fingerprint density at radius 2 is 1.72 bits per heavy atom. The number of nitrogens with one attached hydrogen (secondary N) is 2. The van der Waals surface area contributed by atoms with Crippen molar-refractivity contribution in [3.05, 3.63) is 83.9 Å². The lowest BCUT2D eigenvalue weighted by molar-refractivity contribution is 0.604. The Bertz CT molecular complexity index is 842. The third-order valence-corrected chi connectivity index (χ3v) is 3.73. The van der Waals surface area contributed by atoms with E-state index in [9.17, 15) is 4.39 Å². The summed E-state index contributed by atoms with van der Waals surface area (Å²) in [6.45, 7) is 0.890. The zero-order valence-electron chi connectivity index (χ0n) is 14.0. The Morgan fingerprint density at radius 1 is 1.00 bits per heavy atom. The van der Waals surface area contributed by atoms with Gasteiger partial charge in [0.1, 0.15) is 5.82 Å². The third kappa shape index (κ3) is 4.44. The molecule has 128 valence electrons. The summed E-state index contributed by atoms with van der Waals surface area (Å²) in [5.74, 6) is 0.365. The molecule has 0 atom stereocenters. The van der Waals surface area contributed by atoms with E-state index in [-0.39, 0.29) is 5.82 Å². The summed E-state index contributed by atoms with van der Waals surface area (Å²) in [5, 5.41) is 10.8. The first-order valence-corrected chi connectivity index (χ1v) is 8.04. The Balaban J connectivity index is 1.55. The fraction of sp³-hybridized carbons (Fsp3) is 0.158. The van der Waals surface area contributed by atoms with E-state index in [4.69, 9.17) is 0 Å². The minimum atomic E-state index is -0.230. The lowest BCUT2D eigenvalue weighted by Gasteiger charge is -2.11. The van der Waals surface area contributed by atoms with E-state index in [1.54, 1.807) is 19.2 Å². The monoisotopic (exact) mass is 337 g/mol. The smallest absolute Gasteiger partial charge is 0.191 e. The molecule has 0 bridgehead atoms. The largest absolute Gasteiger partial charge is 0.352 e. The predicted octanol–water partition coefficient (Wildman–Crippen LogP) is 2.88. The number of hydrogen-bond donors (Lipinski definition) is 2. The Labute approximate surface area is 146 Å². The van der Waals surface area contributed by atoms with Crippen molar-refractivity contribution in [2.24, 2.45) is 4.99 Å². The molecular weight excluding hydrogens is 317 g/mol. The van der Waals surface area contributed by atoms with Crippen molar-refractivity contribution >= 4 is 5.96 Å².